The lowest BCUT2D eigenvalue weighted by Gasteiger charge is -2.26. The average molecular weight is 267 g/mol. The number of rotatable bonds is 5. The molecule has 0 amide bonds. The van der Waals surface area contributed by atoms with Gasteiger partial charge in [0.25, 0.3) is 0 Å². The number of aromatic nitrogens is 2. The number of nitrogens with zero attached hydrogens (tertiary/aromatic N) is 3. The Balaban J connectivity index is 1.96. The predicted molar refractivity (Wildman–Crippen MR) is 70.2 cm³/mol. The topological polar surface area (TPSA) is 56.6 Å². The van der Waals surface area contributed by atoms with Gasteiger partial charge in [0, 0.05) is 19.6 Å². The monoisotopic (exact) mass is 267 g/mol. The molecule has 0 bridgehead atoms. The molecule has 1 fully saturated rings. The molecule has 0 aliphatic carbocycles. The van der Waals surface area contributed by atoms with E-state index in [2.05, 4.69) is 10.00 Å². The molecule has 19 heavy (non-hydrogen) atoms. The molecule has 0 atom stereocenters. The molecule has 2 heterocycles. The highest BCUT2D eigenvalue weighted by Crippen LogP contribution is 2.07. The maximum absolute atomic E-state index is 11.8. The lowest BCUT2D eigenvalue weighted by Crippen LogP contribution is -2.38. The molecule has 0 saturated carbocycles. The number of carbonyl (C=O) groups is 1. The van der Waals surface area contributed by atoms with Gasteiger partial charge in [-0.2, -0.15) is 5.10 Å². The summed E-state index contributed by atoms with van der Waals surface area (Å²) < 4.78 is 12.1. The van der Waals surface area contributed by atoms with Gasteiger partial charge in [-0.25, -0.2) is 4.79 Å². The molecular weight excluding hydrogens is 246 g/mol. The Bertz CT molecular complexity index is 425. The molecule has 2 rings (SSSR count). The summed E-state index contributed by atoms with van der Waals surface area (Å²) >= 11 is 0. The van der Waals surface area contributed by atoms with E-state index in [4.69, 9.17) is 9.47 Å². The minimum Gasteiger partial charge on any atom is -0.461 e. The van der Waals surface area contributed by atoms with Crippen molar-refractivity contribution >= 4 is 5.97 Å². The van der Waals surface area contributed by atoms with Gasteiger partial charge in [0.15, 0.2) is 0 Å². The van der Waals surface area contributed by atoms with Crippen LogP contribution >= 0.6 is 0 Å². The SMILES string of the molecule is CCOC(=O)c1cc(C)nn1CCN1CCOCC1. The molecule has 1 aromatic rings. The van der Waals surface area contributed by atoms with Gasteiger partial charge >= 0.3 is 5.97 Å². The van der Waals surface area contributed by atoms with Gasteiger partial charge in [-0.3, -0.25) is 9.58 Å². The quantitative estimate of drug-likeness (QED) is 0.735. The lowest BCUT2D eigenvalue weighted by atomic mass is 10.3. The summed E-state index contributed by atoms with van der Waals surface area (Å²) in [7, 11) is 0. The van der Waals surface area contributed by atoms with Crippen LogP contribution in [0.4, 0.5) is 0 Å². The normalized spacial score (nSPS) is 16.5. The Kier molecular flexibility index (Phi) is 4.93. The number of hydrogen-bond acceptors (Lipinski definition) is 5. The second kappa shape index (κ2) is 6.68. The molecule has 0 radical (unpaired) electrons. The molecule has 1 aliphatic heterocycles. The molecule has 0 N–H and O–H groups in total. The summed E-state index contributed by atoms with van der Waals surface area (Å²) in [6, 6.07) is 1.78. The van der Waals surface area contributed by atoms with Crippen molar-refractivity contribution in [3.63, 3.8) is 0 Å². The second-order valence-electron chi connectivity index (χ2n) is 4.57. The van der Waals surface area contributed by atoms with Crippen LogP contribution in [-0.4, -0.2) is 60.1 Å². The Morgan fingerprint density at radius 2 is 2.16 bits per heavy atom. The molecule has 106 valence electrons. The van der Waals surface area contributed by atoms with Gasteiger partial charge in [0.05, 0.1) is 32.1 Å². The first-order valence-electron chi connectivity index (χ1n) is 6.72. The molecule has 0 unspecified atom stereocenters. The zero-order chi connectivity index (χ0) is 13.7. The molecule has 0 spiro atoms. The van der Waals surface area contributed by atoms with Crippen molar-refractivity contribution in [3.05, 3.63) is 17.5 Å². The lowest BCUT2D eigenvalue weighted by molar-refractivity contribution is 0.0352. The van der Waals surface area contributed by atoms with Crippen molar-refractivity contribution in [3.8, 4) is 0 Å². The fraction of sp³-hybridized carbons (Fsp3) is 0.692. The fourth-order valence-electron chi connectivity index (χ4n) is 2.15. The zero-order valence-electron chi connectivity index (χ0n) is 11.6. The molecule has 0 aromatic carbocycles. The Hall–Kier alpha value is -1.40. The van der Waals surface area contributed by atoms with Gasteiger partial charge in [0.1, 0.15) is 5.69 Å². The van der Waals surface area contributed by atoms with E-state index in [1.807, 2.05) is 6.92 Å². The minimum atomic E-state index is -0.301. The highest BCUT2D eigenvalue weighted by molar-refractivity contribution is 5.87. The van der Waals surface area contributed by atoms with E-state index in [1.54, 1.807) is 17.7 Å². The number of aryl methyl sites for hydroxylation is 1. The van der Waals surface area contributed by atoms with Gasteiger partial charge < -0.3 is 9.47 Å². The summed E-state index contributed by atoms with van der Waals surface area (Å²) in [5.74, 6) is -0.301. The van der Waals surface area contributed by atoms with Crippen LogP contribution in [0.1, 0.15) is 23.1 Å². The van der Waals surface area contributed by atoms with Crippen LogP contribution in [0.5, 0.6) is 0 Å². The third-order valence-corrected chi connectivity index (χ3v) is 3.12. The van der Waals surface area contributed by atoms with Gasteiger partial charge in [-0.1, -0.05) is 0 Å². The number of carbonyl (C=O) groups excluding carboxylic acids is 1. The summed E-state index contributed by atoms with van der Waals surface area (Å²) in [4.78, 5) is 14.1. The first kappa shape index (κ1) is 14.0. The highest BCUT2D eigenvalue weighted by Gasteiger charge is 2.16. The van der Waals surface area contributed by atoms with E-state index >= 15 is 0 Å². The molecule has 6 nitrogen and oxygen atoms in total. The standard InChI is InChI=1S/C13H21N3O3/c1-3-19-13(17)12-10-11(2)14-16(12)5-4-15-6-8-18-9-7-15/h10H,3-9H2,1-2H3. The first-order valence-corrected chi connectivity index (χ1v) is 6.72. The molecular formula is C13H21N3O3. The third kappa shape index (κ3) is 3.78. The van der Waals surface area contributed by atoms with Crippen LogP contribution in [0.25, 0.3) is 0 Å². The van der Waals surface area contributed by atoms with E-state index < -0.39 is 0 Å². The third-order valence-electron chi connectivity index (χ3n) is 3.12. The molecule has 1 saturated heterocycles. The largest absolute Gasteiger partial charge is 0.461 e. The van der Waals surface area contributed by atoms with E-state index in [9.17, 15) is 4.79 Å². The maximum Gasteiger partial charge on any atom is 0.356 e. The highest BCUT2D eigenvalue weighted by atomic mass is 16.5. The maximum atomic E-state index is 11.8. The number of hydrogen-bond donors (Lipinski definition) is 0. The van der Waals surface area contributed by atoms with Crippen LogP contribution in [0.2, 0.25) is 0 Å². The summed E-state index contributed by atoms with van der Waals surface area (Å²) in [6.45, 7) is 9.08. The smallest absolute Gasteiger partial charge is 0.356 e. The molecule has 1 aliphatic rings. The summed E-state index contributed by atoms with van der Waals surface area (Å²) in [5, 5.41) is 4.36. The van der Waals surface area contributed by atoms with E-state index in [-0.39, 0.29) is 5.97 Å². The van der Waals surface area contributed by atoms with Crippen LogP contribution < -0.4 is 0 Å². The summed E-state index contributed by atoms with van der Waals surface area (Å²) in [6.07, 6.45) is 0. The van der Waals surface area contributed by atoms with Crippen LogP contribution in [0.15, 0.2) is 6.07 Å². The number of morpholine rings is 1. The van der Waals surface area contributed by atoms with E-state index in [1.165, 1.54) is 0 Å². The van der Waals surface area contributed by atoms with Gasteiger partial charge in [0.2, 0.25) is 0 Å². The minimum absolute atomic E-state index is 0.301. The van der Waals surface area contributed by atoms with E-state index in [0.29, 0.717) is 18.8 Å². The van der Waals surface area contributed by atoms with Crippen LogP contribution in [0.3, 0.4) is 0 Å². The second-order valence-corrected chi connectivity index (χ2v) is 4.57. The Morgan fingerprint density at radius 3 is 2.84 bits per heavy atom. The van der Waals surface area contributed by atoms with Crippen molar-refractivity contribution in [2.45, 2.75) is 20.4 Å². The Labute approximate surface area is 113 Å². The van der Waals surface area contributed by atoms with Crippen molar-refractivity contribution in [2.75, 3.05) is 39.5 Å². The zero-order valence-corrected chi connectivity index (χ0v) is 11.6. The average Bonchev–Trinajstić information content (AvgIpc) is 2.79. The van der Waals surface area contributed by atoms with Crippen molar-refractivity contribution < 1.29 is 14.3 Å². The summed E-state index contributed by atoms with van der Waals surface area (Å²) in [5.41, 5.74) is 1.37. The van der Waals surface area contributed by atoms with E-state index in [0.717, 1.165) is 38.5 Å². The Morgan fingerprint density at radius 1 is 1.42 bits per heavy atom. The fourth-order valence-corrected chi connectivity index (χ4v) is 2.15. The van der Waals surface area contributed by atoms with Crippen molar-refractivity contribution in [1.29, 1.82) is 0 Å². The van der Waals surface area contributed by atoms with Gasteiger partial charge in [-0.15, -0.1) is 0 Å². The molecule has 6 heteroatoms. The number of ether oxygens (including phenoxy) is 2. The molecule has 1 aromatic heterocycles. The van der Waals surface area contributed by atoms with Gasteiger partial charge in [-0.05, 0) is 19.9 Å². The predicted octanol–water partition coefficient (Wildman–Crippen LogP) is 0.700. The van der Waals surface area contributed by atoms with Crippen molar-refractivity contribution in [1.82, 2.24) is 14.7 Å². The number of esters is 1. The first-order chi connectivity index (χ1) is 9.20. The van der Waals surface area contributed by atoms with Crippen LogP contribution in [0, 0.1) is 6.92 Å². The van der Waals surface area contributed by atoms with Crippen LogP contribution in [-0.2, 0) is 16.0 Å². The van der Waals surface area contributed by atoms with Crippen molar-refractivity contribution in [2.24, 2.45) is 0 Å².